The van der Waals surface area contributed by atoms with Crippen molar-refractivity contribution >= 4 is 5.69 Å². The molecule has 1 aromatic heterocycles. The van der Waals surface area contributed by atoms with Crippen LogP contribution in [0.25, 0.3) is 0 Å². The van der Waals surface area contributed by atoms with Crippen LogP contribution >= 0.6 is 0 Å². The molecule has 0 aliphatic carbocycles. The summed E-state index contributed by atoms with van der Waals surface area (Å²) in [7, 11) is 0. The maximum atomic E-state index is 15.1. The average molecular weight is 324 g/mol. The fraction of sp³-hybridized carbons (Fsp3) is 0.353. The van der Waals surface area contributed by atoms with E-state index in [2.05, 4.69) is 4.98 Å². The average Bonchev–Trinajstić information content (AvgIpc) is 2.56. The molecule has 1 saturated heterocycles. The summed E-state index contributed by atoms with van der Waals surface area (Å²) in [6.45, 7) is 0.469. The molecule has 0 radical (unpaired) electrons. The van der Waals surface area contributed by atoms with Gasteiger partial charge in [-0.05, 0) is 11.6 Å². The van der Waals surface area contributed by atoms with Gasteiger partial charge < -0.3 is 4.90 Å². The second kappa shape index (κ2) is 5.83. The van der Waals surface area contributed by atoms with Crippen molar-refractivity contribution in [1.82, 2.24) is 4.98 Å². The predicted molar refractivity (Wildman–Crippen MR) is 79.9 cm³/mol. The summed E-state index contributed by atoms with van der Waals surface area (Å²) >= 11 is 0. The normalized spacial score (nSPS) is 18.0. The van der Waals surface area contributed by atoms with Crippen molar-refractivity contribution in [1.29, 1.82) is 0 Å². The summed E-state index contributed by atoms with van der Waals surface area (Å²) in [5, 5.41) is 0. The van der Waals surface area contributed by atoms with Crippen LogP contribution in [0.1, 0.15) is 24.0 Å². The van der Waals surface area contributed by atoms with Crippen molar-refractivity contribution in [3.63, 3.8) is 0 Å². The van der Waals surface area contributed by atoms with Crippen LogP contribution in [0.5, 0.6) is 0 Å². The van der Waals surface area contributed by atoms with Gasteiger partial charge in [-0.1, -0.05) is 30.3 Å². The minimum atomic E-state index is -4.47. The summed E-state index contributed by atoms with van der Waals surface area (Å²) in [4.78, 5) is 5.15. The quantitative estimate of drug-likeness (QED) is 0.753. The lowest BCUT2D eigenvalue weighted by molar-refractivity contribution is -0.137. The number of nitrogens with zero attached hydrogens (tertiary/aromatic N) is 2. The van der Waals surface area contributed by atoms with E-state index in [1.807, 2.05) is 6.07 Å². The summed E-state index contributed by atoms with van der Waals surface area (Å²) in [6.07, 6.45) is -1.98. The van der Waals surface area contributed by atoms with Crippen LogP contribution in [0.15, 0.2) is 48.8 Å². The molecule has 0 bridgehead atoms. The molecule has 122 valence electrons. The van der Waals surface area contributed by atoms with Gasteiger partial charge in [0.25, 0.3) is 0 Å². The first-order valence-corrected chi connectivity index (χ1v) is 7.41. The van der Waals surface area contributed by atoms with Gasteiger partial charge in [-0.15, -0.1) is 0 Å². The SMILES string of the molecule is FC(F)(F)c1cnccc1N1CCC(F)(c2ccccc2)CC1. The number of aromatic nitrogens is 1. The number of rotatable bonds is 2. The Bertz CT molecular complexity index is 662. The highest BCUT2D eigenvalue weighted by molar-refractivity contribution is 5.54. The van der Waals surface area contributed by atoms with Gasteiger partial charge in [-0.3, -0.25) is 4.98 Å². The molecule has 3 rings (SSSR count). The van der Waals surface area contributed by atoms with Crippen molar-refractivity contribution in [2.45, 2.75) is 24.7 Å². The number of hydrogen-bond acceptors (Lipinski definition) is 2. The largest absolute Gasteiger partial charge is 0.419 e. The Labute approximate surface area is 131 Å². The van der Waals surface area contributed by atoms with Crippen molar-refractivity contribution < 1.29 is 17.6 Å². The first-order chi connectivity index (χ1) is 10.9. The topological polar surface area (TPSA) is 16.1 Å². The van der Waals surface area contributed by atoms with Crippen LogP contribution in [0, 0.1) is 0 Å². The molecule has 0 spiro atoms. The Kier molecular flexibility index (Phi) is 4.00. The minimum Gasteiger partial charge on any atom is -0.371 e. The molecule has 1 fully saturated rings. The third-order valence-electron chi connectivity index (χ3n) is 4.29. The van der Waals surface area contributed by atoms with Crippen LogP contribution in [-0.4, -0.2) is 18.1 Å². The molecular weight excluding hydrogens is 308 g/mol. The summed E-state index contributed by atoms with van der Waals surface area (Å²) in [6, 6.07) is 10.2. The van der Waals surface area contributed by atoms with E-state index >= 15 is 4.39 Å². The zero-order valence-electron chi connectivity index (χ0n) is 12.4. The van der Waals surface area contributed by atoms with E-state index in [1.54, 1.807) is 29.2 Å². The molecule has 2 aromatic rings. The lowest BCUT2D eigenvalue weighted by atomic mass is 9.86. The van der Waals surface area contributed by atoms with Gasteiger partial charge in [0, 0.05) is 38.3 Å². The first kappa shape index (κ1) is 15.8. The van der Waals surface area contributed by atoms with E-state index in [-0.39, 0.29) is 31.6 Å². The Morgan fingerprint density at radius 1 is 1.00 bits per heavy atom. The number of hydrogen-bond donors (Lipinski definition) is 0. The molecule has 2 heterocycles. The highest BCUT2D eigenvalue weighted by atomic mass is 19.4. The number of alkyl halides is 4. The third-order valence-corrected chi connectivity index (χ3v) is 4.29. The maximum Gasteiger partial charge on any atom is 0.419 e. The molecular formula is C17H16F4N2. The van der Waals surface area contributed by atoms with Crippen molar-refractivity contribution in [2.75, 3.05) is 18.0 Å². The Balaban J connectivity index is 1.80. The van der Waals surface area contributed by atoms with Crippen molar-refractivity contribution in [2.24, 2.45) is 0 Å². The fourth-order valence-electron chi connectivity index (χ4n) is 3.01. The maximum absolute atomic E-state index is 15.1. The van der Waals surface area contributed by atoms with Gasteiger partial charge in [0.1, 0.15) is 5.67 Å². The highest BCUT2D eigenvalue weighted by Crippen LogP contribution is 2.41. The Morgan fingerprint density at radius 2 is 1.65 bits per heavy atom. The van der Waals surface area contributed by atoms with Crippen molar-refractivity contribution in [3.05, 3.63) is 59.9 Å². The number of halogens is 4. The number of pyridine rings is 1. The van der Waals surface area contributed by atoms with Crippen LogP contribution < -0.4 is 4.90 Å². The second-order valence-electron chi connectivity index (χ2n) is 5.71. The molecule has 1 aromatic carbocycles. The third kappa shape index (κ3) is 3.16. The molecule has 1 aliphatic rings. The lowest BCUT2D eigenvalue weighted by Gasteiger charge is -2.38. The summed E-state index contributed by atoms with van der Waals surface area (Å²) in [5.41, 5.74) is -1.59. The Morgan fingerprint density at radius 3 is 2.26 bits per heavy atom. The predicted octanol–water partition coefficient (Wildman–Crippen LogP) is 4.57. The molecule has 1 aliphatic heterocycles. The summed E-state index contributed by atoms with van der Waals surface area (Å²) in [5.74, 6) is 0. The van der Waals surface area contributed by atoms with Crippen LogP contribution in [-0.2, 0) is 11.8 Å². The standard InChI is InChI=1S/C17H16F4N2/c18-16(13-4-2-1-3-5-13)7-10-23(11-8-16)15-6-9-22-12-14(15)17(19,20)21/h1-6,9,12H,7-8,10-11H2. The fourth-order valence-corrected chi connectivity index (χ4v) is 3.01. The zero-order valence-corrected chi connectivity index (χ0v) is 12.4. The molecule has 0 unspecified atom stereocenters. The molecule has 0 atom stereocenters. The number of piperidine rings is 1. The zero-order chi connectivity index (χ0) is 16.5. The van der Waals surface area contributed by atoms with Crippen LogP contribution in [0.2, 0.25) is 0 Å². The number of benzene rings is 1. The van der Waals surface area contributed by atoms with Gasteiger partial charge in [0.05, 0.1) is 11.3 Å². The molecule has 0 N–H and O–H groups in total. The van der Waals surface area contributed by atoms with E-state index in [4.69, 9.17) is 0 Å². The van der Waals surface area contributed by atoms with Gasteiger partial charge in [-0.2, -0.15) is 13.2 Å². The van der Waals surface area contributed by atoms with E-state index < -0.39 is 17.4 Å². The van der Waals surface area contributed by atoms with E-state index in [9.17, 15) is 13.2 Å². The van der Waals surface area contributed by atoms with E-state index in [0.29, 0.717) is 5.56 Å². The monoisotopic (exact) mass is 324 g/mol. The van der Waals surface area contributed by atoms with E-state index in [0.717, 1.165) is 6.20 Å². The lowest BCUT2D eigenvalue weighted by Crippen LogP contribution is -2.41. The first-order valence-electron chi connectivity index (χ1n) is 7.41. The molecule has 6 heteroatoms. The van der Waals surface area contributed by atoms with Gasteiger partial charge in [-0.25, -0.2) is 4.39 Å². The molecule has 0 amide bonds. The van der Waals surface area contributed by atoms with Gasteiger partial charge >= 0.3 is 6.18 Å². The Hall–Kier alpha value is -2.11. The minimum absolute atomic E-state index is 0.0719. The van der Waals surface area contributed by atoms with Crippen LogP contribution in [0.4, 0.5) is 23.2 Å². The molecule has 2 nitrogen and oxygen atoms in total. The van der Waals surface area contributed by atoms with Crippen LogP contribution in [0.3, 0.4) is 0 Å². The van der Waals surface area contributed by atoms with Crippen molar-refractivity contribution in [3.8, 4) is 0 Å². The molecule has 23 heavy (non-hydrogen) atoms. The smallest absolute Gasteiger partial charge is 0.371 e. The van der Waals surface area contributed by atoms with E-state index in [1.165, 1.54) is 12.3 Å². The summed E-state index contributed by atoms with van der Waals surface area (Å²) < 4.78 is 54.3. The number of anilines is 1. The molecule has 0 saturated carbocycles. The second-order valence-corrected chi connectivity index (χ2v) is 5.71. The highest BCUT2D eigenvalue weighted by Gasteiger charge is 2.39. The van der Waals surface area contributed by atoms with Gasteiger partial charge in [0.2, 0.25) is 0 Å². The van der Waals surface area contributed by atoms with Gasteiger partial charge in [0.15, 0.2) is 0 Å².